The second-order valence-corrected chi connectivity index (χ2v) is 7.71. The number of ether oxygens (including phenoxy) is 1. The maximum absolute atomic E-state index is 12.3. The molecule has 180 valence electrons. The van der Waals surface area contributed by atoms with Crippen molar-refractivity contribution in [1.82, 2.24) is 20.5 Å². The van der Waals surface area contributed by atoms with E-state index in [0.717, 1.165) is 24.1 Å². The Labute approximate surface area is 200 Å². The fraction of sp³-hybridized carbons (Fsp3) is 0.200. The first-order valence-corrected chi connectivity index (χ1v) is 10.9. The van der Waals surface area contributed by atoms with Gasteiger partial charge in [-0.15, -0.1) is 10.2 Å². The van der Waals surface area contributed by atoms with E-state index < -0.39 is 6.18 Å². The van der Waals surface area contributed by atoms with Crippen molar-refractivity contribution in [2.45, 2.75) is 25.7 Å². The molecule has 7 nitrogen and oxygen atoms in total. The predicted octanol–water partition coefficient (Wildman–Crippen LogP) is 4.90. The topological polar surface area (TPSA) is 84.3 Å². The van der Waals surface area contributed by atoms with Crippen molar-refractivity contribution in [3.63, 3.8) is 0 Å². The van der Waals surface area contributed by atoms with Crippen LogP contribution in [0.2, 0.25) is 0 Å². The summed E-state index contributed by atoms with van der Waals surface area (Å²) in [6, 6.07) is 19.2. The SMILES string of the molecule is FC(F)(F)/C=N/Nc1nnc(OCc2cncc(CNCCc3ccccc3)c2)c2ccccc12. The molecule has 10 heteroatoms. The van der Waals surface area contributed by atoms with Crippen LogP contribution in [-0.4, -0.2) is 34.1 Å². The molecule has 0 saturated heterocycles. The molecule has 0 aliphatic rings. The summed E-state index contributed by atoms with van der Waals surface area (Å²) in [6.07, 6.45) is -0.222. The lowest BCUT2D eigenvalue weighted by molar-refractivity contribution is -0.0536. The quantitative estimate of drug-likeness (QED) is 0.191. The number of halogens is 3. The summed E-state index contributed by atoms with van der Waals surface area (Å²) in [4.78, 5) is 4.29. The number of pyridine rings is 1. The number of hydrogen-bond acceptors (Lipinski definition) is 7. The van der Waals surface area contributed by atoms with Crippen LogP contribution in [0.1, 0.15) is 16.7 Å². The summed E-state index contributed by atoms with van der Waals surface area (Å²) in [5, 5.41) is 15.7. The van der Waals surface area contributed by atoms with Crippen LogP contribution in [0.25, 0.3) is 10.8 Å². The first kappa shape index (κ1) is 24.1. The summed E-state index contributed by atoms with van der Waals surface area (Å²) in [5.74, 6) is 0.357. The van der Waals surface area contributed by atoms with Gasteiger partial charge in [-0.2, -0.15) is 18.3 Å². The molecular weight excluding hydrogens is 457 g/mol. The second kappa shape index (κ2) is 11.4. The van der Waals surface area contributed by atoms with Crippen molar-refractivity contribution < 1.29 is 17.9 Å². The van der Waals surface area contributed by atoms with E-state index in [1.807, 2.05) is 24.3 Å². The standard InChI is InChI=1S/C25H23F3N6O/c26-25(27,28)17-31-32-23-21-8-4-5-9-22(21)24(34-33-23)35-16-20-12-19(14-30-15-20)13-29-11-10-18-6-2-1-3-7-18/h1-9,12,14-15,17,29H,10-11,13,16H2,(H,32,33)/b31-17+. The number of fused-ring (bicyclic) bond motifs is 1. The van der Waals surface area contributed by atoms with Crippen molar-refractivity contribution in [2.24, 2.45) is 5.10 Å². The zero-order valence-corrected chi connectivity index (χ0v) is 18.7. The van der Waals surface area contributed by atoms with Crippen molar-refractivity contribution in [2.75, 3.05) is 12.0 Å². The number of nitrogens with zero attached hydrogens (tertiary/aromatic N) is 4. The molecule has 0 atom stereocenters. The van der Waals surface area contributed by atoms with E-state index >= 15 is 0 Å². The highest BCUT2D eigenvalue weighted by Crippen LogP contribution is 2.28. The molecule has 0 radical (unpaired) electrons. The van der Waals surface area contributed by atoms with Crippen LogP contribution in [0.4, 0.5) is 19.0 Å². The molecule has 0 bridgehead atoms. The largest absolute Gasteiger partial charge is 0.471 e. The first-order chi connectivity index (χ1) is 17.0. The highest BCUT2D eigenvalue weighted by Gasteiger charge is 2.23. The first-order valence-electron chi connectivity index (χ1n) is 10.9. The van der Waals surface area contributed by atoms with Crippen molar-refractivity contribution >= 4 is 22.8 Å². The van der Waals surface area contributed by atoms with E-state index in [2.05, 4.69) is 43.2 Å². The zero-order chi connectivity index (χ0) is 24.5. The van der Waals surface area contributed by atoms with Gasteiger partial charge in [0.15, 0.2) is 5.82 Å². The number of hydrogen-bond donors (Lipinski definition) is 2. The average molecular weight is 480 g/mol. The van der Waals surface area contributed by atoms with Gasteiger partial charge in [0.05, 0.1) is 0 Å². The van der Waals surface area contributed by atoms with E-state index in [-0.39, 0.29) is 24.5 Å². The highest BCUT2D eigenvalue weighted by atomic mass is 19.4. The van der Waals surface area contributed by atoms with Crippen LogP contribution < -0.4 is 15.5 Å². The third-order valence-corrected chi connectivity index (χ3v) is 5.02. The smallest absolute Gasteiger partial charge is 0.428 e. The molecule has 2 heterocycles. The van der Waals surface area contributed by atoms with Gasteiger partial charge in [0.25, 0.3) is 0 Å². The van der Waals surface area contributed by atoms with E-state index in [1.165, 1.54) is 5.56 Å². The van der Waals surface area contributed by atoms with Gasteiger partial charge in [0.2, 0.25) is 5.88 Å². The zero-order valence-electron chi connectivity index (χ0n) is 18.7. The van der Waals surface area contributed by atoms with E-state index in [0.29, 0.717) is 17.3 Å². The summed E-state index contributed by atoms with van der Waals surface area (Å²) >= 11 is 0. The summed E-state index contributed by atoms with van der Waals surface area (Å²) in [5.41, 5.74) is 5.45. The summed E-state index contributed by atoms with van der Waals surface area (Å²) in [6.45, 7) is 1.73. The fourth-order valence-electron chi connectivity index (χ4n) is 3.41. The Balaban J connectivity index is 1.37. The number of rotatable bonds is 10. The van der Waals surface area contributed by atoms with Gasteiger partial charge in [-0.1, -0.05) is 48.5 Å². The van der Waals surface area contributed by atoms with Gasteiger partial charge >= 0.3 is 6.18 Å². The van der Waals surface area contributed by atoms with E-state index in [9.17, 15) is 13.2 Å². The molecule has 0 spiro atoms. The number of alkyl halides is 3. The Kier molecular flexibility index (Phi) is 7.84. The highest BCUT2D eigenvalue weighted by molar-refractivity contribution is 5.94. The molecule has 0 aliphatic carbocycles. The molecule has 2 N–H and O–H groups in total. The Morgan fingerprint density at radius 1 is 0.886 bits per heavy atom. The van der Waals surface area contributed by atoms with Crippen molar-refractivity contribution in [3.8, 4) is 5.88 Å². The summed E-state index contributed by atoms with van der Waals surface area (Å²) in [7, 11) is 0. The third kappa shape index (κ3) is 7.21. The number of anilines is 1. The van der Waals surface area contributed by atoms with Crippen molar-refractivity contribution in [3.05, 3.63) is 89.7 Å². The maximum Gasteiger partial charge on any atom is 0.428 e. The van der Waals surface area contributed by atoms with E-state index in [4.69, 9.17) is 4.74 Å². The van der Waals surface area contributed by atoms with Gasteiger partial charge in [0.1, 0.15) is 12.8 Å². The molecule has 4 aromatic rings. The van der Waals surface area contributed by atoms with Crippen LogP contribution in [0.3, 0.4) is 0 Å². The molecule has 0 aliphatic heterocycles. The van der Waals surface area contributed by atoms with Crippen LogP contribution in [-0.2, 0) is 19.6 Å². The Morgan fingerprint density at radius 3 is 2.43 bits per heavy atom. The maximum atomic E-state index is 12.3. The number of aromatic nitrogens is 3. The van der Waals surface area contributed by atoms with Crippen LogP contribution in [0, 0.1) is 0 Å². The van der Waals surface area contributed by atoms with Gasteiger partial charge in [0, 0.05) is 35.3 Å². The van der Waals surface area contributed by atoms with Gasteiger partial charge in [-0.3, -0.25) is 10.4 Å². The van der Waals surface area contributed by atoms with Gasteiger partial charge in [-0.25, -0.2) is 0 Å². The van der Waals surface area contributed by atoms with Crippen LogP contribution in [0.15, 0.2) is 78.2 Å². The van der Waals surface area contributed by atoms with Gasteiger partial charge < -0.3 is 10.1 Å². The Bertz CT molecular complexity index is 1280. The lowest BCUT2D eigenvalue weighted by Crippen LogP contribution is -2.17. The molecule has 0 fully saturated rings. The Hall–Kier alpha value is -4.05. The predicted molar refractivity (Wildman–Crippen MR) is 128 cm³/mol. The van der Waals surface area contributed by atoms with Crippen molar-refractivity contribution in [1.29, 1.82) is 0 Å². The lowest BCUT2D eigenvalue weighted by Gasteiger charge is -2.11. The number of nitrogens with one attached hydrogen (secondary N) is 2. The number of hydrazone groups is 1. The van der Waals surface area contributed by atoms with E-state index in [1.54, 1.807) is 36.7 Å². The Morgan fingerprint density at radius 2 is 1.63 bits per heavy atom. The van der Waals surface area contributed by atoms with Gasteiger partial charge in [-0.05, 0) is 36.2 Å². The number of benzene rings is 2. The minimum atomic E-state index is -4.53. The molecule has 4 rings (SSSR count). The van der Waals surface area contributed by atoms with Crippen LogP contribution in [0.5, 0.6) is 5.88 Å². The molecule has 0 unspecified atom stereocenters. The molecule has 35 heavy (non-hydrogen) atoms. The molecular formula is C25H23F3N6O. The molecule has 2 aromatic carbocycles. The minimum Gasteiger partial charge on any atom is -0.471 e. The minimum absolute atomic E-state index is 0.0960. The monoisotopic (exact) mass is 480 g/mol. The molecule has 0 saturated carbocycles. The summed E-state index contributed by atoms with van der Waals surface area (Å²) < 4.78 is 42.9. The third-order valence-electron chi connectivity index (χ3n) is 5.02. The normalized spacial score (nSPS) is 11.7. The van der Waals surface area contributed by atoms with Crippen LogP contribution >= 0.6 is 0 Å². The lowest BCUT2D eigenvalue weighted by atomic mass is 10.1. The molecule has 2 aromatic heterocycles. The average Bonchev–Trinajstić information content (AvgIpc) is 2.86. The molecule has 0 amide bonds. The second-order valence-electron chi connectivity index (χ2n) is 7.71. The fourth-order valence-corrected chi connectivity index (χ4v) is 3.41.